The molecule has 0 aliphatic heterocycles. The number of hydrogen-bond donors (Lipinski definition) is 2. The van der Waals surface area contributed by atoms with E-state index in [1.54, 1.807) is 10.9 Å². The molecule has 80 valence electrons. The topological polar surface area (TPSA) is 149 Å². The Morgan fingerprint density at radius 3 is 2.43 bits per heavy atom. The molecule has 0 saturated heterocycles. The molecule has 1 rings (SSSR count). The maximum atomic E-state index is 9.83. The van der Waals surface area contributed by atoms with E-state index in [-0.39, 0.29) is 22.4 Å². The molecule has 12 heteroatoms. The van der Waals surface area contributed by atoms with Gasteiger partial charge in [-0.25, -0.2) is 30.4 Å². The Balaban J connectivity index is 0.00000169. The molecule has 0 aromatic carbocycles. The van der Waals surface area contributed by atoms with Gasteiger partial charge in [-0.15, -0.1) is 10.9 Å². The summed E-state index contributed by atoms with van der Waals surface area (Å²) in [7, 11) is 0. The van der Waals surface area contributed by atoms with E-state index in [9.17, 15) is 20.2 Å². The number of hydrogen-bond acceptors (Lipinski definition) is 7. The molecule has 0 unspecified atom stereocenters. The number of hydrazine groups is 2. The smallest absolute Gasteiger partial charge is 0.361 e. The van der Waals surface area contributed by atoms with Crippen LogP contribution in [0.15, 0.2) is 0 Å². The first kappa shape index (κ1) is 12.3. The normalized spacial score (nSPS) is 8.57. The van der Waals surface area contributed by atoms with E-state index in [4.69, 9.17) is 0 Å². The van der Waals surface area contributed by atoms with Crippen LogP contribution in [-0.2, 0) is 22.4 Å². The Labute approximate surface area is 91.0 Å². The van der Waals surface area contributed by atoms with E-state index in [0.29, 0.717) is 0 Å². The summed E-state index contributed by atoms with van der Waals surface area (Å²) in [6.07, 6.45) is 0. The molecule has 0 radical (unpaired) electrons. The minimum atomic E-state index is -0.910. The van der Waals surface area contributed by atoms with E-state index in [2.05, 4.69) is 15.2 Å². The predicted octanol–water partition coefficient (Wildman–Crippen LogP) is -1.20. The van der Waals surface area contributed by atoms with Crippen molar-refractivity contribution in [3.63, 3.8) is 0 Å². The Kier molecular flexibility index (Phi) is 4.48. The molecule has 0 fully saturated rings. The number of aromatic nitrogens is 3. The van der Waals surface area contributed by atoms with Gasteiger partial charge in [0.05, 0.1) is 0 Å². The van der Waals surface area contributed by atoms with Gasteiger partial charge < -0.3 is 4.98 Å². The van der Waals surface area contributed by atoms with Crippen molar-refractivity contribution in [2.24, 2.45) is 0 Å². The molecule has 0 amide bonds. The summed E-state index contributed by atoms with van der Waals surface area (Å²) >= 11 is 0. The molecule has 0 saturated carbocycles. The summed E-state index contributed by atoms with van der Waals surface area (Å²) in [6.45, 7) is 0. The predicted molar refractivity (Wildman–Crippen MR) is 36.7 cm³/mol. The standard InChI is InChI=1S/C2H2N7O4.Ag/c10-8(11)6-1-3-2(5-4-1)7-9(12)13;/h6H,(H,3,7);/q-1;+1. The molecule has 0 spiro atoms. The van der Waals surface area contributed by atoms with Gasteiger partial charge in [0.15, 0.2) is 0 Å². The third kappa shape index (κ3) is 3.79. The molecular weight excluding hydrogens is 294 g/mol. The molecule has 2 N–H and O–H groups in total. The van der Waals surface area contributed by atoms with Gasteiger partial charge in [0.1, 0.15) is 22.0 Å². The Hall–Kier alpha value is -1.72. The molecule has 1 heterocycles. The van der Waals surface area contributed by atoms with Crippen LogP contribution in [0.25, 0.3) is 0 Å². The van der Waals surface area contributed by atoms with Gasteiger partial charge in [0.2, 0.25) is 0 Å². The molecule has 14 heavy (non-hydrogen) atoms. The second kappa shape index (κ2) is 5.11. The van der Waals surface area contributed by atoms with Crippen molar-refractivity contribution in [1.82, 2.24) is 15.2 Å². The quantitative estimate of drug-likeness (QED) is 0.302. The first-order valence-corrected chi connectivity index (χ1v) is 2.77. The SMILES string of the molecule is O=[N+]([O-])Nc1nn[c-](N[N+](=O)[O-])n1.[Ag+]. The molecule has 11 nitrogen and oxygen atoms in total. The molecule has 0 aliphatic carbocycles. The zero-order valence-corrected chi connectivity index (χ0v) is 7.65. The summed E-state index contributed by atoms with van der Waals surface area (Å²) in [5.41, 5.74) is 3.15. The van der Waals surface area contributed by atoms with Crippen molar-refractivity contribution in [2.75, 3.05) is 10.9 Å². The van der Waals surface area contributed by atoms with Crippen LogP contribution in [0.2, 0.25) is 0 Å². The van der Waals surface area contributed by atoms with Crippen LogP contribution in [0.1, 0.15) is 0 Å². The van der Waals surface area contributed by atoms with Crippen LogP contribution in [0.4, 0.5) is 11.9 Å². The average Bonchev–Trinajstić information content (AvgIpc) is 2.33. The number of anilines is 2. The van der Waals surface area contributed by atoms with Gasteiger partial charge in [0.25, 0.3) is 0 Å². The number of rotatable bonds is 4. The van der Waals surface area contributed by atoms with E-state index >= 15 is 0 Å². The molecule has 1 aromatic rings. The molecule has 0 bridgehead atoms. The van der Waals surface area contributed by atoms with Crippen LogP contribution in [0, 0.1) is 20.2 Å². The molecular formula is C2H2AgN7O4. The number of nitrogens with one attached hydrogen (secondary N) is 2. The van der Waals surface area contributed by atoms with Crippen LogP contribution in [0.5, 0.6) is 0 Å². The van der Waals surface area contributed by atoms with Crippen LogP contribution in [0.3, 0.4) is 0 Å². The van der Waals surface area contributed by atoms with Gasteiger partial charge in [-0.05, 0) is 0 Å². The van der Waals surface area contributed by atoms with Crippen molar-refractivity contribution in [3.05, 3.63) is 20.2 Å². The van der Waals surface area contributed by atoms with Gasteiger partial charge in [-0.3, -0.25) is 0 Å². The third-order valence-electron chi connectivity index (χ3n) is 0.834. The monoisotopic (exact) mass is 295 g/mol. The third-order valence-corrected chi connectivity index (χ3v) is 0.834. The fraction of sp³-hybridized carbons (Fsp3) is 0. The van der Waals surface area contributed by atoms with Crippen molar-refractivity contribution in [1.29, 1.82) is 0 Å². The number of nitro groups is 2. The van der Waals surface area contributed by atoms with Crippen molar-refractivity contribution < 1.29 is 32.4 Å². The minimum absolute atomic E-state index is 0. The van der Waals surface area contributed by atoms with Gasteiger partial charge >= 0.3 is 22.4 Å². The number of nitrogens with zero attached hydrogens (tertiary/aromatic N) is 5. The first-order chi connectivity index (χ1) is 6.08. The minimum Gasteiger partial charge on any atom is -0.361 e. The van der Waals surface area contributed by atoms with Crippen LogP contribution < -0.4 is 10.9 Å². The summed E-state index contributed by atoms with van der Waals surface area (Å²) < 4.78 is 0. The van der Waals surface area contributed by atoms with Crippen LogP contribution in [-0.4, -0.2) is 25.2 Å². The van der Waals surface area contributed by atoms with Crippen molar-refractivity contribution >= 4 is 11.9 Å². The van der Waals surface area contributed by atoms with Crippen LogP contribution >= 0.6 is 0 Å². The van der Waals surface area contributed by atoms with E-state index in [1.165, 1.54) is 0 Å². The van der Waals surface area contributed by atoms with Gasteiger partial charge in [-0.1, -0.05) is 0 Å². The fourth-order valence-corrected chi connectivity index (χ4v) is 0.498. The second-order valence-electron chi connectivity index (χ2n) is 1.70. The van der Waals surface area contributed by atoms with E-state index in [1.807, 2.05) is 0 Å². The Morgan fingerprint density at radius 2 is 1.93 bits per heavy atom. The molecule has 0 atom stereocenters. The summed E-state index contributed by atoms with van der Waals surface area (Å²) in [5, 5.41) is 24.1. The summed E-state index contributed by atoms with van der Waals surface area (Å²) in [6, 6.07) is 0. The maximum Gasteiger partial charge on any atom is 1.00 e. The second-order valence-corrected chi connectivity index (χ2v) is 1.70. The van der Waals surface area contributed by atoms with Crippen molar-refractivity contribution in [3.8, 4) is 0 Å². The molecule has 0 aliphatic rings. The first-order valence-electron chi connectivity index (χ1n) is 2.77. The van der Waals surface area contributed by atoms with Gasteiger partial charge in [0, 0.05) is 0 Å². The van der Waals surface area contributed by atoms with Crippen molar-refractivity contribution in [2.45, 2.75) is 0 Å². The van der Waals surface area contributed by atoms with E-state index in [0.717, 1.165) is 0 Å². The Bertz CT molecular complexity index is 306. The molecule has 1 aromatic heterocycles. The zero-order chi connectivity index (χ0) is 9.84. The Morgan fingerprint density at radius 1 is 1.29 bits per heavy atom. The fourth-order valence-electron chi connectivity index (χ4n) is 0.498. The zero-order valence-electron chi connectivity index (χ0n) is 6.17. The van der Waals surface area contributed by atoms with Gasteiger partial charge in [-0.2, -0.15) is 0 Å². The summed E-state index contributed by atoms with van der Waals surface area (Å²) in [5.74, 6) is -0.844. The average molecular weight is 296 g/mol. The largest absolute Gasteiger partial charge is 1.00 e. The van der Waals surface area contributed by atoms with E-state index < -0.39 is 22.0 Å². The maximum absolute atomic E-state index is 9.83. The summed E-state index contributed by atoms with van der Waals surface area (Å²) in [4.78, 5) is 22.9.